The van der Waals surface area contributed by atoms with Crippen LogP contribution in [0.15, 0.2) is 48.5 Å². The lowest BCUT2D eigenvalue weighted by Crippen LogP contribution is -2.32. The van der Waals surface area contributed by atoms with Gasteiger partial charge in [0.15, 0.2) is 0 Å². The van der Waals surface area contributed by atoms with Gasteiger partial charge in [0.2, 0.25) is 0 Å². The van der Waals surface area contributed by atoms with Crippen molar-refractivity contribution in [2.45, 2.75) is 13.0 Å². The molecule has 1 unspecified atom stereocenters. The highest BCUT2D eigenvalue weighted by Gasteiger charge is 2.09. The molecule has 110 valence electrons. The summed E-state index contributed by atoms with van der Waals surface area (Å²) in [5.41, 5.74) is 2.33. The van der Waals surface area contributed by atoms with Crippen LogP contribution in [-0.2, 0) is 0 Å². The number of amides is 2. The predicted molar refractivity (Wildman–Crippen MR) is 79.6 cm³/mol. The van der Waals surface area contributed by atoms with Gasteiger partial charge in [-0.25, -0.2) is 9.18 Å². The molecule has 0 aliphatic rings. The molecule has 5 heteroatoms. The van der Waals surface area contributed by atoms with Gasteiger partial charge >= 0.3 is 6.03 Å². The molecule has 2 aromatic carbocycles. The SMILES string of the molecule is Cc1ccc(NC(=O)NCC(O)c2ccc(F)cc2)cc1. The Hall–Kier alpha value is -2.40. The molecule has 1 atom stereocenters. The van der Waals surface area contributed by atoms with Crippen molar-refractivity contribution in [2.75, 3.05) is 11.9 Å². The Morgan fingerprint density at radius 1 is 1.14 bits per heavy atom. The minimum absolute atomic E-state index is 0.0450. The summed E-state index contributed by atoms with van der Waals surface area (Å²) in [6.45, 7) is 2.01. The van der Waals surface area contributed by atoms with Gasteiger partial charge < -0.3 is 15.7 Å². The average Bonchev–Trinajstić information content (AvgIpc) is 2.48. The van der Waals surface area contributed by atoms with Crippen LogP contribution < -0.4 is 10.6 Å². The summed E-state index contributed by atoms with van der Waals surface area (Å²) in [5.74, 6) is -0.365. The van der Waals surface area contributed by atoms with E-state index in [2.05, 4.69) is 10.6 Å². The van der Waals surface area contributed by atoms with Crippen LogP contribution in [0.3, 0.4) is 0 Å². The summed E-state index contributed by atoms with van der Waals surface area (Å²) in [7, 11) is 0. The maximum absolute atomic E-state index is 12.8. The van der Waals surface area contributed by atoms with Gasteiger partial charge in [-0.1, -0.05) is 29.8 Å². The third-order valence-corrected chi connectivity index (χ3v) is 3.02. The van der Waals surface area contributed by atoms with E-state index in [0.29, 0.717) is 11.3 Å². The normalized spacial score (nSPS) is 11.8. The quantitative estimate of drug-likeness (QED) is 0.810. The third-order valence-electron chi connectivity index (χ3n) is 3.02. The lowest BCUT2D eigenvalue weighted by Gasteiger charge is -2.13. The van der Waals surface area contributed by atoms with E-state index in [1.165, 1.54) is 24.3 Å². The first-order valence-electron chi connectivity index (χ1n) is 6.59. The summed E-state index contributed by atoms with van der Waals surface area (Å²) in [4.78, 5) is 11.7. The lowest BCUT2D eigenvalue weighted by molar-refractivity contribution is 0.175. The number of carbonyl (C=O) groups is 1. The van der Waals surface area contributed by atoms with Crippen LogP contribution >= 0.6 is 0 Å². The standard InChI is InChI=1S/C16H17FN2O2/c1-11-2-8-14(9-3-11)19-16(21)18-10-15(20)12-4-6-13(17)7-5-12/h2-9,15,20H,10H2,1H3,(H2,18,19,21). The summed E-state index contributed by atoms with van der Waals surface area (Å²) < 4.78 is 12.8. The fourth-order valence-electron chi connectivity index (χ4n) is 1.80. The number of benzene rings is 2. The molecule has 2 rings (SSSR count). The Balaban J connectivity index is 1.83. The van der Waals surface area contributed by atoms with Crippen molar-refractivity contribution >= 4 is 11.7 Å². The second-order valence-corrected chi connectivity index (χ2v) is 4.77. The minimum atomic E-state index is -0.880. The molecule has 0 aliphatic carbocycles. The maximum Gasteiger partial charge on any atom is 0.319 e. The van der Waals surface area contributed by atoms with E-state index in [0.717, 1.165) is 5.56 Å². The van der Waals surface area contributed by atoms with Gasteiger partial charge in [0.1, 0.15) is 5.82 Å². The van der Waals surface area contributed by atoms with Gasteiger partial charge in [0, 0.05) is 12.2 Å². The summed E-state index contributed by atoms with van der Waals surface area (Å²) in [6, 6.07) is 12.5. The highest BCUT2D eigenvalue weighted by Crippen LogP contribution is 2.12. The fourth-order valence-corrected chi connectivity index (χ4v) is 1.80. The van der Waals surface area contributed by atoms with E-state index in [1.54, 1.807) is 12.1 Å². The van der Waals surface area contributed by atoms with Crippen molar-refractivity contribution in [1.29, 1.82) is 0 Å². The summed E-state index contributed by atoms with van der Waals surface area (Å²) >= 11 is 0. The zero-order valence-electron chi connectivity index (χ0n) is 11.6. The number of hydrogen-bond acceptors (Lipinski definition) is 2. The highest BCUT2D eigenvalue weighted by atomic mass is 19.1. The molecule has 0 heterocycles. The van der Waals surface area contributed by atoms with Crippen LogP contribution in [0.2, 0.25) is 0 Å². The Bertz CT molecular complexity index is 597. The molecule has 0 aromatic heterocycles. The Morgan fingerprint density at radius 2 is 1.76 bits per heavy atom. The van der Waals surface area contributed by atoms with Gasteiger partial charge in [0.25, 0.3) is 0 Å². The largest absolute Gasteiger partial charge is 0.387 e. The second-order valence-electron chi connectivity index (χ2n) is 4.77. The maximum atomic E-state index is 12.8. The first-order valence-corrected chi connectivity index (χ1v) is 6.59. The van der Waals surface area contributed by atoms with E-state index in [4.69, 9.17) is 0 Å². The summed E-state index contributed by atoms with van der Waals surface area (Å²) in [5, 5.41) is 15.1. The van der Waals surface area contributed by atoms with Gasteiger partial charge in [0.05, 0.1) is 6.10 Å². The topological polar surface area (TPSA) is 61.4 Å². The molecule has 0 bridgehead atoms. The lowest BCUT2D eigenvalue weighted by atomic mass is 10.1. The second kappa shape index (κ2) is 6.85. The molecule has 3 N–H and O–H groups in total. The van der Waals surface area contributed by atoms with Gasteiger partial charge in [-0.15, -0.1) is 0 Å². The first-order chi connectivity index (χ1) is 10.0. The number of nitrogens with one attached hydrogen (secondary N) is 2. The fraction of sp³-hybridized carbons (Fsp3) is 0.188. The van der Waals surface area contributed by atoms with Crippen molar-refractivity contribution in [1.82, 2.24) is 5.32 Å². The predicted octanol–water partition coefficient (Wildman–Crippen LogP) is 2.99. The average molecular weight is 288 g/mol. The third kappa shape index (κ3) is 4.57. The number of hydrogen-bond donors (Lipinski definition) is 3. The van der Waals surface area contributed by atoms with Crippen LogP contribution in [0.4, 0.5) is 14.9 Å². The summed E-state index contributed by atoms with van der Waals surface area (Å²) in [6.07, 6.45) is -0.880. The van der Waals surface area contributed by atoms with Crippen LogP contribution in [0, 0.1) is 12.7 Å². The Kier molecular flexibility index (Phi) is 4.90. The molecule has 0 spiro atoms. The smallest absolute Gasteiger partial charge is 0.319 e. The molecule has 4 nitrogen and oxygen atoms in total. The van der Waals surface area contributed by atoms with Crippen LogP contribution in [0.1, 0.15) is 17.2 Å². The minimum Gasteiger partial charge on any atom is -0.387 e. The molecular weight excluding hydrogens is 271 g/mol. The zero-order valence-corrected chi connectivity index (χ0v) is 11.6. The van der Waals surface area contributed by atoms with Crippen molar-refractivity contribution in [3.63, 3.8) is 0 Å². The van der Waals surface area contributed by atoms with Crippen LogP contribution in [0.5, 0.6) is 0 Å². The Labute approximate surface area is 122 Å². The number of aryl methyl sites for hydroxylation is 1. The molecule has 21 heavy (non-hydrogen) atoms. The van der Waals surface area contributed by atoms with Crippen molar-refractivity contribution in [3.05, 3.63) is 65.5 Å². The highest BCUT2D eigenvalue weighted by molar-refractivity contribution is 5.89. The number of carbonyl (C=O) groups excluding carboxylic acids is 1. The molecule has 0 radical (unpaired) electrons. The van der Waals surface area contributed by atoms with E-state index < -0.39 is 12.1 Å². The van der Waals surface area contributed by atoms with E-state index >= 15 is 0 Å². The monoisotopic (exact) mass is 288 g/mol. The van der Waals surface area contributed by atoms with Crippen LogP contribution in [-0.4, -0.2) is 17.7 Å². The number of rotatable bonds is 4. The number of urea groups is 1. The van der Waals surface area contributed by atoms with Crippen molar-refractivity contribution < 1.29 is 14.3 Å². The molecule has 0 aliphatic heterocycles. The number of anilines is 1. The van der Waals surface area contributed by atoms with Gasteiger partial charge in [-0.2, -0.15) is 0 Å². The molecule has 2 amide bonds. The molecule has 0 saturated heterocycles. The van der Waals surface area contributed by atoms with Gasteiger partial charge in [-0.05, 0) is 36.8 Å². The van der Waals surface area contributed by atoms with Crippen molar-refractivity contribution in [2.24, 2.45) is 0 Å². The van der Waals surface area contributed by atoms with Crippen molar-refractivity contribution in [3.8, 4) is 0 Å². The molecule has 2 aromatic rings. The first kappa shape index (κ1) is 15.0. The van der Waals surface area contributed by atoms with E-state index in [1.807, 2.05) is 19.1 Å². The number of aliphatic hydroxyl groups is 1. The molecular formula is C16H17FN2O2. The molecule has 0 fully saturated rings. The van der Waals surface area contributed by atoms with E-state index in [9.17, 15) is 14.3 Å². The van der Waals surface area contributed by atoms with Crippen LogP contribution in [0.25, 0.3) is 0 Å². The molecule has 0 saturated carbocycles. The van der Waals surface area contributed by atoms with Gasteiger partial charge in [-0.3, -0.25) is 0 Å². The zero-order chi connectivity index (χ0) is 15.2. The van der Waals surface area contributed by atoms with E-state index in [-0.39, 0.29) is 12.4 Å². The Morgan fingerprint density at radius 3 is 2.38 bits per heavy atom. The number of halogens is 1. The number of aliphatic hydroxyl groups excluding tert-OH is 1.